The predicted octanol–water partition coefficient (Wildman–Crippen LogP) is 15.8. The summed E-state index contributed by atoms with van der Waals surface area (Å²) in [7, 11) is 0. The van der Waals surface area contributed by atoms with Crippen LogP contribution in [0.15, 0.2) is 200 Å². The average molecular weight is 792 g/mol. The predicted molar refractivity (Wildman–Crippen MR) is 258 cm³/mol. The number of hydrogen-bond donors (Lipinski definition) is 0. The molecule has 9 aromatic rings. The van der Waals surface area contributed by atoms with Gasteiger partial charge in [-0.1, -0.05) is 185 Å². The lowest BCUT2D eigenvalue weighted by molar-refractivity contribution is 0.652. The maximum absolute atomic E-state index is 2.55. The Hall–Kier alpha value is -7.22. The first kappa shape index (κ1) is 35.5. The van der Waals surface area contributed by atoms with Gasteiger partial charge in [0.1, 0.15) is 0 Å². The maximum atomic E-state index is 2.55. The van der Waals surface area contributed by atoms with Crippen LogP contribution >= 0.6 is 0 Å². The molecule has 0 fully saturated rings. The van der Waals surface area contributed by atoms with E-state index in [4.69, 9.17) is 0 Å². The maximum Gasteiger partial charge on any atom is 0.0726 e. The van der Waals surface area contributed by atoms with E-state index in [1.165, 1.54) is 106 Å². The van der Waals surface area contributed by atoms with Crippen molar-refractivity contribution in [1.29, 1.82) is 0 Å². The fourth-order valence-electron chi connectivity index (χ4n) is 12.2. The van der Waals surface area contributed by atoms with E-state index in [9.17, 15) is 0 Å². The van der Waals surface area contributed by atoms with Crippen molar-refractivity contribution in [3.63, 3.8) is 0 Å². The topological polar surface area (TPSA) is 3.24 Å². The molecule has 0 atom stereocenters. The minimum absolute atomic E-state index is 0.104. The van der Waals surface area contributed by atoms with Crippen LogP contribution in [0, 0.1) is 0 Å². The van der Waals surface area contributed by atoms with E-state index in [0.717, 1.165) is 11.4 Å². The lowest BCUT2D eigenvalue weighted by Gasteiger charge is -2.33. The van der Waals surface area contributed by atoms with E-state index in [0.29, 0.717) is 0 Å². The summed E-state index contributed by atoms with van der Waals surface area (Å²) >= 11 is 0. The molecule has 0 unspecified atom stereocenters. The molecule has 13 rings (SSSR count). The third-order valence-corrected chi connectivity index (χ3v) is 15.1. The van der Waals surface area contributed by atoms with Crippen LogP contribution in [0.2, 0.25) is 0 Å². The summed E-state index contributed by atoms with van der Waals surface area (Å²) in [5, 5.41) is 0. The van der Waals surface area contributed by atoms with Crippen LogP contribution in [0.1, 0.15) is 72.2 Å². The van der Waals surface area contributed by atoms with E-state index < -0.39 is 5.41 Å². The summed E-state index contributed by atoms with van der Waals surface area (Å²) in [5.41, 5.74) is 26.8. The molecular formula is C61H45N. The first-order valence-corrected chi connectivity index (χ1v) is 22.1. The standard InChI is InChI=1S/C61H45N/c1-59(2)49-23-12-8-22-45(49)47-36-55-48(37-54(47)59)58-53(60(55,3)4)27-16-28-57(58)62(40-31-29-39(30-32-40)38-17-6-5-7-18-38)41-33-34-46-44-21-11-15-26-52(44)61(56(46)35-41)50-24-13-9-19-42(50)43-20-10-14-25-51(43)61/h5-37H,1-4H3. The minimum Gasteiger partial charge on any atom is -0.310 e. The smallest absolute Gasteiger partial charge is 0.0726 e. The minimum atomic E-state index is -0.438. The second-order valence-electron chi connectivity index (χ2n) is 18.8. The van der Waals surface area contributed by atoms with Crippen molar-refractivity contribution in [2.24, 2.45) is 0 Å². The molecule has 0 aliphatic heterocycles. The first-order valence-electron chi connectivity index (χ1n) is 22.1. The van der Waals surface area contributed by atoms with Gasteiger partial charge in [0.05, 0.1) is 11.1 Å². The van der Waals surface area contributed by atoms with Gasteiger partial charge in [-0.25, -0.2) is 0 Å². The van der Waals surface area contributed by atoms with Crippen LogP contribution in [0.25, 0.3) is 55.6 Å². The van der Waals surface area contributed by atoms with E-state index in [1.807, 2.05) is 0 Å². The molecule has 0 radical (unpaired) electrons. The summed E-state index contributed by atoms with van der Waals surface area (Å²) in [4.78, 5) is 2.55. The second-order valence-corrected chi connectivity index (χ2v) is 18.8. The van der Waals surface area contributed by atoms with Crippen LogP contribution in [0.5, 0.6) is 0 Å². The highest BCUT2D eigenvalue weighted by Crippen LogP contribution is 2.64. The highest BCUT2D eigenvalue weighted by Gasteiger charge is 2.52. The Kier molecular flexibility index (Phi) is 7.12. The van der Waals surface area contributed by atoms with E-state index in [-0.39, 0.29) is 10.8 Å². The molecule has 1 heteroatoms. The summed E-state index contributed by atoms with van der Waals surface area (Å²) < 4.78 is 0. The van der Waals surface area contributed by atoms with Crippen LogP contribution in [-0.4, -0.2) is 0 Å². The van der Waals surface area contributed by atoms with E-state index in [1.54, 1.807) is 0 Å². The summed E-state index contributed by atoms with van der Waals surface area (Å²) in [6.07, 6.45) is 0. The number of anilines is 3. The van der Waals surface area contributed by atoms with Crippen LogP contribution in [0.3, 0.4) is 0 Å². The van der Waals surface area contributed by atoms with Crippen molar-refractivity contribution in [2.75, 3.05) is 4.90 Å². The molecule has 0 saturated carbocycles. The Labute approximate surface area is 364 Å². The quantitative estimate of drug-likeness (QED) is 0.172. The van der Waals surface area contributed by atoms with Gasteiger partial charge in [0, 0.05) is 27.8 Å². The van der Waals surface area contributed by atoms with Gasteiger partial charge in [-0.15, -0.1) is 0 Å². The molecule has 0 bridgehead atoms. The largest absolute Gasteiger partial charge is 0.310 e. The lowest BCUT2D eigenvalue weighted by atomic mass is 9.70. The van der Waals surface area contributed by atoms with Gasteiger partial charge >= 0.3 is 0 Å². The van der Waals surface area contributed by atoms with Gasteiger partial charge in [-0.05, 0) is 137 Å². The molecule has 4 aliphatic rings. The van der Waals surface area contributed by atoms with E-state index in [2.05, 4.69) is 233 Å². The molecule has 4 aliphatic carbocycles. The van der Waals surface area contributed by atoms with Crippen molar-refractivity contribution in [3.8, 4) is 55.6 Å². The molecule has 294 valence electrons. The van der Waals surface area contributed by atoms with Crippen LogP contribution in [-0.2, 0) is 16.2 Å². The third kappa shape index (κ3) is 4.48. The Morgan fingerprint density at radius 2 is 0.742 bits per heavy atom. The number of nitrogens with zero attached hydrogens (tertiary/aromatic N) is 1. The molecule has 1 nitrogen and oxygen atoms in total. The molecule has 0 saturated heterocycles. The average Bonchev–Trinajstić information content (AvgIpc) is 3.94. The summed E-state index contributed by atoms with van der Waals surface area (Å²) in [6.45, 7) is 9.64. The molecule has 0 N–H and O–H groups in total. The zero-order chi connectivity index (χ0) is 41.5. The third-order valence-electron chi connectivity index (χ3n) is 15.1. The number of hydrogen-bond acceptors (Lipinski definition) is 1. The second kappa shape index (κ2) is 12.4. The normalized spacial score (nSPS) is 15.5. The van der Waals surface area contributed by atoms with Gasteiger partial charge in [0.15, 0.2) is 0 Å². The highest BCUT2D eigenvalue weighted by molar-refractivity contribution is 6.00. The Morgan fingerprint density at radius 1 is 0.290 bits per heavy atom. The van der Waals surface area contributed by atoms with Crippen molar-refractivity contribution in [3.05, 3.63) is 245 Å². The molecular weight excluding hydrogens is 747 g/mol. The molecule has 0 heterocycles. The Bertz CT molecular complexity index is 3280. The van der Waals surface area contributed by atoms with Crippen molar-refractivity contribution in [2.45, 2.75) is 43.9 Å². The number of fused-ring (bicyclic) bond motifs is 16. The molecule has 9 aromatic carbocycles. The summed E-state index contributed by atoms with van der Waals surface area (Å²) in [6, 6.07) is 75.7. The molecule has 0 aromatic heterocycles. The molecule has 1 spiro atoms. The zero-order valence-electron chi connectivity index (χ0n) is 35.5. The van der Waals surface area contributed by atoms with Gasteiger partial charge in [0.25, 0.3) is 0 Å². The van der Waals surface area contributed by atoms with Gasteiger partial charge in [-0.2, -0.15) is 0 Å². The van der Waals surface area contributed by atoms with Crippen LogP contribution in [0.4, 0.5) is 17.1 Å². The Balaban J connectivity index is 1.08. The lowest BCUT2D eigenvalue weighted by Crippen LogP contribution is -2.26. The SMILES string of the molecule is CC1(C)c2ccccc2-c2cc3c(cc21)-c1c(N(c2ccc(-c4ccccc4)cc2)c2ccc4c(c2)C2(c5ccccc5-c5ccccc52)c2ccccc2-4)cccc1C3(C)C. The molecule has 62 heavy (non-hydrogen) atoms. The zero-order valence-corrected chi connectivity index (χ0v) is 35.5. The van der Waals surface area contributed by atoms with E-state index >= 15 is 0 Å². The summed E-state index contributed by atoms with van der Waals surface area (Å²) in [5.74, 6) is 0. The fourth-order valence-corrected chi connectivity index (χ4v) is 12.2. The number of benzene rings is 9. The van der Waals surface area contributed by atoms with Crippen molar-refractivity contribution in [1.82, 2.24) is 0 Å². The van der Waals surface area contributed by atoms with Crippen LogP contribution < -0.4 is 4.90 Å². The number of rotatable bonds is 4. The monoisotopic (exact) mass is 791 g/mol. The Morgan fingerprint density at radius 3 is 1.37 bits per heavy atom. The van der Waals surface area contributed by atoms with Crippen molar-refractivity contribution < 1.29 is 0 Å². The first-order chi connectivity index (χ1) is 30.3. The van der Waals surface area contributed by atoms with Gasteiger partial charge < -0.3 is 4.90 Å². The van der Waals surface area contributed by atoms with Gasteiger partial charge in [0.2, 0.25) is 0 Å². The molecule has 0 amide bonds. The highest BCUT2D eigenvalue weighted by atomic mass is 15.1. The fraction of sp³-hybridized carbons (Fsp3) is 0.115. The van der Waals surface area contributed by atoms with Gasteiger partial charge in [-0.3, -0.25) is 0 Å². The van der Waals surface area contributed by atoms with Crippen molar-refractivity contribution >= 4 is 17.1 Å².